The molecule has 0 aromatic carbocycles. The Morgan fingerprint density at radius 1 is 1.16 bits per heavy atom. The summed E-state index contributed by atoms with van der Waals surface area (Å²) in [4.78, 5) is 32.5. The molecule has 0 saturated carbocycles. The second-order valence-electron chi connectivity index (χ2n) is 3.88. The lowest BCUT2D eigenvalue weighted by Gasteiger charge is -2.10. The fraction of sp³-hybridized carbons (Fsp3) is 0.700. The fourth-order valence-corrected chi connectivity index (χ4v) is 1.46. The third-order valence-electron chi connectivity index (χ3n) is 2.25. The minimum Gasteiger partial charge on any atom is -0.480 e. The van der Waals surface area contributed by atoms with E-state index < -0.39 is 35.3 Å². The lowest BCUT2D eigenvalue weighted by atomic mass is 10.3. The SMILES string of the molecule is CC(CCNC(=O)NCC(=O)NCC(=O)O)S(C)=O. The molecule has 0 bridgehead atoms. The van der Waals surface area contributed by atoms with Crippen LogP contribution in [0.2, 0.25) is 0 Å². The number of aliphatic carboxylic acids is 1. The van der Waals surface area contributed by atoms with Crippen molar-refractivity contribution in [2.45, 2.75) is 18.6 Å². The first kappa shape index (κ1) is 17.4. The molecular weight excluding hydrogens is 274 g/mol. The van der Waals surface area contributed by atoms with Gasteiger partial charge in [-0.25, -0.2) is 4.79 Å². The molecule has 0 aliphatic rings. The Hall–Kier alpha value is -1.64. The highest BCUT2D eigenvalue weighted by atomic mass is 32.2. The van der Waals surface area contributed by atoms with Crippen LogP contribution in [0.15, 0.2) is 0 Å². The topological polar surface area (TPSA) is 125 Å². The van der Waals surface area contributed by atoms with Gasteiger partial charge in [0.1, 0.15) is 6.54 Å². The number of hydrogen-bond acceptors (Lipinski definition) is 4. The maximum atomic E-state index is 11.2. The molecule has 110 valence electrons. The van der Waals surface area contributed by atoms with E-state index >= 15 is 0 Å². The monoisotopic (exact) mass is 293 g/mol. The summed E-state index contributed by atoms with van der Waals surface area (Å²) in [5.74, 6) is -1.74. The van der Waals surface area contributed by atoms with E-state index in [0.717, 1.165) is 0 Å². The number of urea groups is 1. The van der Waals surface area contributed by atoms with Gasteiger partial charge in [0.15, 0.2) is 0 Å². The number of rotatable bonds is 8. The number of carbonyl (C=O) groups excluding carboxylic acids is 2. The Balaban J connectivity index is 3.67. The van der Waals surface area contributed by atoms with E-state index in [2.05, 4.69) is 16.0 Å². The molecule has 0 saturated heterocycles. The van der Waals surface area contributed by atoms with Gasteiger partial charge < -0.3 is 21.1 Å². The summed E-state index contributed by atoms with van der Waals surface area (Å²) in [7, 11) is -0.935. The Morgan fingerprint density at radius 2 is 1.79 bits per heavy atom. The van der Waals surface area contributed by atoms with Crippen molar-refractivity contribution in [1.82, 2.24) is 16.0 Å². The zero-order valence-electron chi connectivity index (χ0n) is 10.9. The average molecular weight is 293 g/mol. The van der Waals surface area contributed by atoms with E-state index in [9.17, 15) is 18.6 Å². The molecular formula is C10H19N3O5S. The van der Waals surface area contributed by atoms with Crippen molar-refractivity contribution in [3.05, 3.63) is 0 Å². The van der Waals surface area contributed by atoms with Crippen LogP contribution < -0.4 is 16.0 Å². The smallest absolute Gasteiger partial charge is 0.322 e. The predicted octanol–water partition coefficient (Wildman–Crippen LogP) is -1.36. The molecule has 0 aromatic heterocycles. The molecule has 3 amide bonds. The van der Waals surface area contributed by atoms with Crippen molar-refractivity contribution in [2.75, 3.05) is 25.9 Å². The number of carboxylic acids is 1. The molecule has 0 rings (SSSR count). The highest BCUT2D eigenvalue weighted by Crippen LogP contribution is 1.96. The second kappa shape index (κ2) is 9.31. The first-order chi connectivity index (χ1) is 8.82. The zero-order chi connectivity index (χ0) is 14.8. The van der Waals surface area contributed by atoms with E-state index in [1.807, 2.05) is 6.92 Å². The van der Waals surface area contributed by atoms with Gasteiger partial charge in [-0.2, -0.15) is 0 Å². The fourth-order valence-electron chi connectivity index (χ4n) is 1.01. The van der Waals surface area contributed by atoms with E-state index in [0.29, 0.717) is 13.0 Å². The number of amides is 3. The van der Waals surface area contributed by atoms with Crippen molar-refractivity contribution < 1.29 is 23.7 Å². The molecule has 8 nitrogen and oxygen atoms in total. The van der Waals surface area contributed by atoms with E-state index in [-0.39, 0.29) is 11.8 Å². The van der Waals surface area contributed by atoms with Crippen molar-refractivity contribution in [2.24, 2.45) is 0 Å². The predicted molar refractivity (Wildman–Crippen MR) is 70.2 cm³/mol. The quantitative estimate of drug-likeness (QED) is 0.440. The lowest BCUT2D eigenvalue weighted by Crippen LogP contribution is -2.43. The standard InChI is InChI=1S/C10H19N3O5S/c1-7(19(2)18)3-4-11-10(17)13-5-8(14)12-6-9(15)16/h7H,3-6H2,1-2H3,(H,12,14)(H,15,16)(H2,11,13,17). The third kappa shape index (κ3) is 10.0. The largest absolute Gasteiger partial charge is 0.480 e. The highest BCUT2D eigenvalue weighted by Gasteiger charge is 2.08. The number of hydrogen-bond donors (Lipinski definition) is 4. The zero-order valence-corrected chi connectivity index (χ0v) is 11.7. The van der Waals surface area contributed by atoms with E-state index in [4.69, 9.17) is 5.11 Å². The van der Waals surface area contributed by atoms with Crippen LogP contribution in [-0.2, 0) is 20.4 Å². The van der Waals surface area contributed by atoms with E-state index in [1.54, 1.807) is 6.26 Å². The van der Waals surface area contributed by atoms with Crippen LogP contribution in [0.4, 0.5) is 4.79 Å². The number of carboxylic acid groups (broad SMARTS) is 1. The molecule has 2 atom stereocenters. The van der Waals surface area contributed by atoms with Gasteiger partial charge >= 0.3 is 12.0 Å². The second-order valence-corrected chi connectivity index (χ2v) is 5.68. The third-order valence-corrected chi connectivity index (χ3v) is 3.62. The maximum absolute atomic E-state index is 11.2. The van der Waals surface area contributed by atoms with Gasteiger partial charge in [-0.1, -0.05) is 6.92 Å². The van der Waals surface area contributed by atoms with Gasteiger partial charge in [-0.15, -0.1) is 0 Å². The van der Waals surface area contributed by atoms with Crippen LogP contribution in [0, 0.1) is 0 Å². The van der Waals surface area contributed by atoms with Crippen LogP contribution in [0.3, 0.4) is 0 Å². The molecule has 19 heavy (non-hydrogen) atoms. The molecule has 0 spiro atoms. The minimum atomic E-state index is -1.15. The molecule has 0 heterocycles. The van der Waals surface area contributed by atoms with Crippen molar-refractivity contribution in [3.8, 4) is 0 Å². The van der Waals surface area contributed by atoms with Crippen molar-refractivity contribution >= 4 is 28.7 Å². The molecule has 0 radical (unpaired) electrons. The van der Waals surface area contributed by atoms with Gasteiger partial charge in [-0.3, -0.25) is 13.8 Å². The first-order valence-electron chi connectivity index (χ1n) is 5.65. The summed E-state index contributed by atoms with van der Waals surface area (Å²) in [6.45, 7) is 1.38. The molecule has 0 aliphatic carbocycles. The van der Waals surface area contributed by atoms with Crippen LogP contribution >= 0.6 is 0 Å². The molecule has 0 fully saturated rings. The van der Waals surface area contributed by atoms with Gasteiger partial charge in [0.25, 0.3) is 0 Å². The molecule has 9 heteroatoms. The molecule has 0 aromatic rings. The lowest BCUT2D eigenvalue weighted by molar-refractivity contribution is -0.137. The maximum Gasteiger partial charge on any atom is 0.322 e. The Bertz CT molecular complexity index is 361. The number of nitrogens with one attached hydrogen (secondary N) is 3. The summed E-state index contributed by atoms with van der Waals surface area (Å²) in [5.41, 5.74) is 0. The number of carbonyl (C=O) groups is 3. The van der Waals surface area contributed by atoms with Gasteiger partial charge in [0.2, 0.25) is 5.91 Å². The van der Waals surface area contributed by atoms with Crippen LogP contribution in [-0.4, -0.2) is 58.4 Å². The molecule has 4 N–H and O–H groups in total. The first-order valence-corrected chi connectivity index (χ1v) is 7.27. The summed E-state index contributed by atoms with van der Waals surface area (Å²) in [5, 5.41) is 15.2. The molecule has 2 unspecified atom stereocenters. The Kier molecular flexibility index (Phi) is 8.51. The van der Waals surface area contributed by atoms with Crippen LogP contribution in [0.25, 0.3) is 0 Å². The minimum absolute atomic E-state index is 0.0147. The average Bonchev–Trinajstić information content (AvgIpc) is 2.33. The highest BCUT2D eigenvalue weighted by molar-refractivity contribution is 7.84. The summed E-state index contributed by atoms with van der Waals surface area (Å²) < 4.78 is 11.0. The van der Waals surface area contributed by atoms with Crippen LogP contribution in [0.5, 0.6) is 0 Å². The normalized spacial score (nSPS) is 13.2. The Labute approximate surface area is 113 Å². The van der Waals surface area contributed by atoms with Crippen molar-refractivity contribution in [3.63, 3.8) is 0 Å². The van der Waals surface area contributed by atoms with E-state index in [1.165, 1.54) is 0 Å². The Morgan fingerprint density at radius 3 is 2.32 bits per heavy atom. The van der Waals surface area contributed by atoms with Crippen LogP contribution in [0.1, 0.15) is 13.3 Å². The summed E-state index contributed by atoms with van der Waals surface area (Å²) >= 11 is 0. The molecule has 0 aliphatic heterocycles. The summed E-state index contributed by atoms with van der Waals surface area (Å²) in [6, 6.07) is -0.528. The van der Waals surface area contributed by atoms with Gasteiger partial charge in [0, 0.05) is 28.9 Å². The van der Waals surface area contributed by atoms with Crippen molar-refractivity contribution in [1.29, 1.82) is 0 Å². The van der Waals surface area contributed by atoms with Gasteiger partial charge in [0.05, 0.1) is 6.54 Å². The van der Waals surface area contributed by atoms with Gasteiger partial charge in [-0.05, 0) is 6.42 Å². The summed E-state index contributed by atoms with van der Waals surface area (Å²) in [6.07, 6.45) is 2.17.